The van der Waals surface area contributed by atoms with Crippen LogP contribution in [0.2, 0.25) is 0 Å². The minimum Gasteiger partial charge on any atom is -0.249 e. The van der Waals surface area contributed by atoms with Crippen molar-refractivity contribution in [1.29, 1.82) is 0 Å². The van der Waals surface area contributed by atoms with Gasteiger partial charge in [0, 0.05) is 0 Å². The summed E-state index contributed by atoms with van der Waals surface area (Å²) in [5.41, 5.74) is 2.45. The first kappa shape index (κ1) is 9.65. The number of hydrogen-bond donors (Lipinski definition) is 0. The zero-order valence-corrected chi connectivity index (χ0v) is 8.67. The molecule has 0 aliphatic heterocycles. The maximum absolute atomic E-state index is 4.06. The number of benzene rings is 1. The highest BCUT2D eigenvalue weighted by Crippen LogP contribution is 2.07. The molecule has 0 spiro atoms. The Morgan fingerprint density at radius 3 is 2.67 bits per heavy atom. The number of rotatable bonds is 3. The van der Waals surface area contributed by atoms with Crippen LogP contribution in [0.3, 0.4) is 0 Å². The Morgan fingerprint density at radius 1 is 1.27 bits per heavy atom. The molecule has 1 aromatic heterocycles. The molecule has 0 N–H and O–H groups in total. The molecule has 3 heteroatoms. The van der Waals surface area contributed by atoms with E-state index in [0.717, 1.165) is 6.54 Å². The van der Waals surface area contributed by atoms with Gasteiger partial charge in [-0.3, -0.25) is 0 Å². The zero-order valence-electron chi connectivity index (χ0n) is 8.67. The Morgan fingerprint density at radius 2 is 2.07 bits per heavy atom. The van der Waals surface area contributed by atoms with Crippen molar-refractivity contribution in [3.63, 3.8) is 0 Å². The van der Waals surface area contributed by atoms with Crippen molar-refractivity contribution in [3.8, 4) is 0 Å². The Bertz CT molecular complexity index is 426. The van der Waals surface area contributed by atoms with E-state index in [1.54, 1.807) is 12.7 Å². The van der Waals surface area contributed by atoms with Crippen LogP contribution in [0.5, 0.6) is 0 Å². The molecule has 0 atom stereocenters. The summed E-state index contributed by atoms with van der Waals surface area (Å²) in [7, 11) is 0. The normalized spacial score (nSPS) is 11.0. The zero-order chi connectivity index (χ0) is 10.5. The summed E-state index contributed by atoms with van der Waals surface area (Å²) in [5, 5.41) is 4.06. The SMILES string of the molecule is C/C=C/c1ccc(Cn2cncn2)cc1. The van der Waals surface area contributed by atoms with Crippen LogP contribution in [0.15, 0.2) is 43.0 Å². The quantitative estimate of drug-likeness (QED) is 0.759. The van der Waals surface area contributed by atoms with E-state index < -0.39 is 0 Å². The van der Waals surface area contributed by atoms with Gasteiger partial charge < -0.3 is 0 Å². The maximum Gasteiger partial charge on any atom is 0.137 e. The summed E-state index contributed by atoms with van der Waals surface area (Å²) in [6.07, 6.45) is 7.39. The van der Waals surface area contributed by atoms with Gasteiger partial charge in [-0.15, -0.1) is 0 Å². The van der Waals surface area contributed by atoms with E-state index in [-0.39, 0.29) is 0 Å². The summed E-state index contributed by atoms with van der Waals surface area (Å²) >= 11 is 0. The summed E-state index contributed by atoms with van der Waals surface area (Å²) in [6.45, 7) is 2.79. The van der Waals surface area contributed by atoms with Crippen molar-refractivity contribution < 1.29 is 0 Å². The molecule has 0 aliphatic carbocycles. The van der Waals surface area contributed by atoms with Crippen LogP contribution in [0.4, 0.5) is 0 Å². The summed E-state index contributed by atoms with van der Waals surface area (Å²) in [6, 6.07) is 8.42. The lowest BCUT2D eigenvalue weighted by Crippen LogP contribution is -1.99. The van der Waals surface area contributed by atoms with Gasteiger partial charge in [0.05, 0.1) is 6.54 Å². The lowest BCUT2D eigenvalue weighted by atomic mass is 10.1. The molecule has 2 aromatic rings. The van der Waals surface area contributed by atoms with E-state index in [0.29, 0.717) is 0 Å². The van der Waals surface area contributed by atoms with Crippen molar-refractivity contribution in [2.24, 2.45) is 0 Å². The molecule has 0 saturated carbocycles. The van der Waals surface area contributed by atoms with Crippen molar-refractivity contribution in [2.45, 2.75) is 13.5 Å². The van der Waals surface area contributed by atoms with Crippen LogP contribution in [-0.4, -0.2) is 14.8 Å². The van der Waals surface area contributed by atoms with Crippen LogP contribution in [0.1, 0.15) is 18.1 Å². The van der Waals surface area contributed by atoms with Crippen LogP contribution < -0.4 is 0 Å². The van der Waals surface area contributed by atoms with Gasteiger partial charge in [-0.2, -0.15) is 5.10 Å². The van der Waals surface area contributed by atoms with E-state index in [1.807, 2.05) is 17.7 Å². The molecule has 1 aromatic carbocycles. The molecule has 15 heavy (non-hydrogen) atoms. The average Bonchev–Trinajstić information content (AvgIpc) is 2.74. The van der Waals surface area contributed by atoms with Gasteiger partial charge in [-0.05, 0) is 18.1 Å². The second kappa shape index (κ2) is 4.55. The molecule has 0 radical (unpaired) electrons. The van der Waals surface area contributed by atoms with E-state index in [9.17, 15) is 0 Å². The highest BCUT2D eigenvalue weighted by atomic mass is 15.3. The molecule has 0 amide bonds. The molecule has 2 rings (SSSR count). The second-order valence-corrected chi connectivity index (χ2v) is 3.33. The summed E-state index contributed by atoms with van der Waals surface area (Å²) in [5.74, 6) is 0. The minimum atomic E-state index is 0.774. The topological polar surface area (TPSA) is 30.7 Å². The van der Waals surface area contributed by atoms with Gasteiger partial charge >= 0.3 is 0 Å². The van der Waals surface area contributed by atoms with E-state index in [1.165, 1.54) is 11.1 Å². The standard InChI is InChI=1S/C12H13N3/c1-2-3-11-4-6-12(7-5-11)8-15-10-13-9-14-15/h2-7,9-10H,8H2,1H3/b3-2+. The molecule has 0 unspecified atom stereocenters. The summed E-state index contributed by atoms with van der Waals surface area (Å²) in [4.78, 5) is 3.91. The molecule has 76 valence electrons. The van der Waals surface area contributed by atoms with Crippen molar-refractivity contribution in [3.05, 3.63) is 54.1 Å². The lowest BCUT2D eigenvalue weighted by molar-refractivity contribution is 0.685. The van der Waals surface area contributed by atoms with Crippen LogP contribution >= 0.6 is 0 Å². The average molecular weight is 199 g/mol. The fraction of sp³-hybridized carbons (Fsp3) is 0.167. The highest BCUT2D eigenvalue weighted by molar-refractivity contribution is 5.49. The van der Waals surface area contributed by atoms with Gasteiger partial charge in [0.15, 0.2) is 0 Å². The Kier molecular flexibility index (Phi) is 2.93. The van der Waals surface area contributed by atoms with Crippen LogP contribution in [-0.2, 0) is 6.54 Å². The molecule has 0 saturated heterocycles. The highest BCUT2D eigenvalue weighted by Gasteiger charge is 1.94. The molecule has 1 heterocycles. The number of hydrogen-bond acceptors (Lipinski definition) is 2. The van der Waals surface area contributed by atoms with E-state index >= 15 is 0 Å². The Hall–Kier alpha value is -1.90. The molecule has 0 aliphatic rings. The van der Waals surface area contributed by atoms with E-state index in [4.69, 9.17) is 0 Å². The van der Waals surface area contributed by atoms with E-state index in [2.05, 4.69) is 40.4 Å². The van der Waals surface area contributed by atoms with Gasteiger partial charge in [0.25, 0.3) is 0 Å². The monoisotopic (exact) mass is 199 g/mol. The molecule has 0 fully saturated rings. The fourth-order valence-electron chi connectivity index (χ4n) is 1.43. The van der Waals surface area contributed by atoms with Gasteiger partial charge in [-0.1, -0.05) is 36.4 Å². The fourth-order valence-corrected chi connectivity index (χ4v) is 1.43. The molecule has 3 nitrogen and oxygen atoms in total. The van der Waals surface area contributed by atoms with Crippen molar-refractivity contribution in [1.82, 2.24) is 14.8 Å². The number of nitrogens with zero attached hydrogens (tertiary/aromatic N) is 3. The minimum absolute atomic E-state index is 0.774. The first-order valence-electron chi connectivity index (χ1n) is 4.92. The third kappa shape index (κ3) is 2.53. The number of allylic oxidation sites excluding steroid dienone is 1. The van der Waals surface area contributed by atoms with Gasteiger partial charge in [-0.25, -0.2) is 9.67 Å². The van der Waals surface area contributed by atoms with Gasteiger partial charge in [0.1, 0.15) is 12.7 Å². The predicted octanol–water partition coefficient (Wildman–Crippen LogP) is 2.36. The van der Waals surface area contributed by atoms with Crippen LogP contribution in [0, 0.1) is 0 Å². The predicted molar refractivity (Wildman–Crippen MR) is 60.3 cm³/mol. The van der Waals surface area contributed by atoms with Crippen LogP contribution in [0.25, 0.3) is 6.08 Å². The van der Waals surface area contributed by atoms with Gasteiger partial charge in [0.2, 0.25) is 0 Å². The molecule has 0 bridgehead atoms. The molecular weight excluding hydrogens is 186 g/mol. The third-order valence-electron chi connectivity index (χ3n) is 2.15. The van der Waals surface area contributed by atoms with Crippen molar-refractivity contribution >= 4 is 6.08 Å². The second-order valence-electron chi connectivity index (χ2n) is 3.33. The Balaban J connectivity index is 2.10. The summed E-state index contributed by atoms with van der Waals surface area (Å²) < 4.78 is 1.81. The first-order chi connectivity index (χ1) is 7.38. The molecular formula is C12H13N3. The largest absolute Gasteiger partial charge is 0.249 e. The number of aromatic nitrogens is 3. The Labute approximate surface area is 89.1 Å². The lowest BCUT2D eigenvalue weighted by Gasteiger charge is -2.01. The van der Waals surface area contributed by atoms with Crippen molar-refractivity contribution in [2.75, 3.05) is 0 Å². The third-order valence-corrected chi connectivity index (χ3v) is 2.15. The maximum atomic E-state index is 4.06. The smallest absolute Gasteiger partial charge is 0.137 e. The first-order valence-corrected chi connectivity index (χ1v) is 4.92.